The number of hydrogen-bond donors (Lipinski definition) is 0. The second kappa shape index (κ2) is 4.19. The smallest absolute Gasteiger partial charge is 0.145 e. The minimum Gasteiger partial charge on any atom is -0.494 e. The Labute approximate surface area is 94.3 Å². The minimum atomic E-state index is 0.333. The number of aryl methyl sites for hydroxylation is 1. The molecule has 0 unspecified atom stereocenters. The standard InChI is InChI=1S/C13H12N2O/c1-9-8-10-4-3-5-12(16-2)13(10)15-11(9)6-7-14/h3-5,8H,6H2,1-2H3. The number of benzene rings is 1. The maximum Gasteiger partial charge on any atom is 0.145 e. The van der Waals surface area contributed by atoms with Crippen molar-refractivity contribution < 1.29 is 4.74 Å². The van der Waals surface area contributed by atoms with Crippen molar-refractivity contribution in [3.63, 3.8) is 0 Å². The number of nitriles is 1. The Hall–Kier alpha value is -2.08. The van der Waals surface area contributed by atoms with Gasteiger partial charge in [-0.25, -0.2) is 4.98 Å². The number of rotatable bonds is 2. The first kappa shape index (κ1) is 10.4. The summed E-state index contributed by atoms with van der Waals surface area (Å²) in [7, 11) is 1.63. The molecule has 1 heterocycles. The third-order valence-electron chi connectivity index (χ3n) is 2.57. The molecule has 0 aliphatic rings. The summed E-state index contributed by atoms with van der Waals surface area (Å²) in [6.45, 7) is 1.97. The van der Waals surface area contributed by atoms with Gasteiger partial charge in [0.05, 0.1) is 25.3 Å². The van der Waals surface area contributed by atoms with Gasteiger partial charge >= 0.3 is 0 Å². The predicted octanol–water partition coefficient (Wildman–Crippen LogP) is 2.62. The first-order valence-electron chi connectivity index (χ1n) is 5.06. The summed E-state index contributed by atoms with van der Waals surface area (Å²) in [5.74, 6) is 0.747. The highest BCUT2D eigenvalue weighted by Gasteiger charge is 2.06. The van der Waals surface area contributed by atoms with Gasteiger partial charge < -0.3 is 4.74 Å². The van der Waals surface area contributed by atoms with Crippen LogP contribution in [0.15, 0.2) is 24.3 Å². The molecule has 16 heavy (non-hydrogen) atoms. The monoisotopic (exact) mass is 212 g/mol. The molecule has 0 spiro atoms. The molecule has 3 nitrogen and oxygen atoms in total. The van der Waals surface area contributed by atoms with E-state index >= 15 is 0 Å². The first-order valence-corrected chi connectivity index (χ1v) is 5.06. The average molecular weight is 212 g/mol. The quantitative estimate of drug-likeness (QED) is 0.768. The van der Waals surface area contributed by atoms with Crippen LogP contribution in [0.5, 0.6) is 5.75 Å². The van der Waals surface area contributed by atoms with Gasteiger partial charge in [0.1, 0.15) is 11.3 Å². The maximum absolute atomic E-state index is 8.72. The van der Waals surface area contributed by atoms with Crippen LogP contribution in [0.25, 0.3) is 10.9 Å². The highest BCUT2D eigenvalue weighted by molar-refractivity contribution is 5.85. The number of nitrogens with zero attached hydrogens (tertiary/aromatic N) is 2. The molecule has 0 aliphatic carbocycles. The Morgan fingerprint density at radius 2 is 2.25 bits per heavy atom. The minimum absolute atomic E-state index is 0.333. The van der Waals surface area contributed by atoms with Gasteiger partial charge in [-0.3, -0.25) is 0 Å². The van der Waals surface area contributed by atoms with E-state index in [0.29, 0.717) is 6.42 Å². The molecule has 0 atom stereocenters. The summed E-state index contributed by atoms with van der Waals surface area (Å²) in [6, 6.07) is 9.97. The van der Waals surface area contributed by atoms with E-state index in [9.17, 15) is 0 Å². The molecule has 0 saturated heterocycles. The summed E-state index contributed by atoms with van der Waals surface area (Å²) in [5.41, 5.74) is 2.68. The first-order chi connectivity index (χ1) is 7.76. The summed E-state index contributed by atoms with van der Waals surface area (Å²) >= 11 is 0. The van der Waals surface area contributed by atoms with Crippen molar-refractivity contribution in [3.8, 4) is 11.8 Å². The fourth-order valence-corrected chi connectivity index (χ4v) is 1.73. The van der Waals surface area contributed by atoms with Crippen LogP contribution in [-0.2, 0) is 6.42 Å². The van der Waals surface area contributed by atoms with Gasteiger partial charge in [0.2, 0.25) is 0 Å². The average Bonchev–Trinajstić information content (AvgIpc) is 2.29. The molecule has 0 aliphatic heterocycles. The van der Waals surface area contributed by atoms with Crippen LogP contribution < -0.4 is 4.74 Å². The number of pyridine rings is 1. The number of ether oxygens (including phenoxy) is 1. The van der Waals surface area contributed by atoms with E-state index in [2.05, 4.69) is 11.1 Å². The van der Waals surface area contributed by atoms with Crippen LogP contribution in [0.1, 0.15) is 11.3 Å². The van der Waals surface area contributed by atoms with Crippen LogP contribution in [0.3, 0.4) is 0 Å². The van der Waals surface area contributed by atoms with E-state index in [1.807, 2.05) is 31.2 Å². The largest absolute Gasteiger partial charge is 0.494 e. The van der Waals surface area contributed by atoms with Gasteiger partial charge in [-0.2, -0.15) is 5.26 Å². The van der Waals surface area contributed by atoms with Crippen molar-refractivity contribution in [2.45, 2.75) is 13.3 Å². The molecule has 0 fully saturated rings. The van der Waals surface area contributed by atoms with Crippen molar-refractivity contribution in [2.24, 2.45) is 0 Å². The number of para-hydroxylation sites is 1. The van der Waals surface area contributed by atoms with Gasteiger partial charge in [-0.05, 0) is 24.6 Å². The van der Waals surface area contributed by atoms with Crippen molar-refractivity contribution in [3.05, 3.63) is 35.5 Å². The molecule has 0 saturated carbocycles. The number of aromatic nitrogens is 1. The van der Waals surface area contributed by atoms with Crippen LogP contribution in [0, 0.1) is 18.3 Å². The Bertz CT molecular complexity index is 570. The lowest BCUT2D eigenvalue weighted by molar-refractivity contribution is 0.419. The zero-order valence-electron chi connectivity index (χ0n) is 9.32. The fourth-order valence-electron chi connectivity index (χ4n) is 1.73. The van der Waals surface area contributed by atoms with E-state index in [-0.39, 0.29) is 0 Å². The maximum atomic E-state index is 8.72. The molecule has 0 radical (unpaired) electrons. The van der Waals surface area contributed by atoms with E-state index in [0.717, 1.165) is 27.9 Å². The van der Waals surface area contributed by atoms with Crippen molar-refractivity contribution >= 4 is 10.9 Å². The van der Waals surface area contributed by atoms with Gasteiger partial charge in [-0.15, -0.1) is 0 Å². The molecule has 0 amide bonds. The Morgan fingerprint density at radius 1 is 1.44 bits per heavy atom. The molecule has 80 valence electrons. The Morgan fingerprint density at radius 3 is 2.94 bits per heavy atom. The molecule has 1 aromatic carbocycles. The number of methoxy groups -OCH3 is 1. The van der Waals surface area contributed by atoms with Gasteiger partial charge in [0.25, 0.3) is 0 Å². The number of fused-ring (bicyclic) bond motifs is 1. The van der Waals surface area contributed by atoms with Crippen LogP contribution in [-0.4, -0.2) is 12.1 Å². The second-order valence-corrected chi connectivity index (χ2v) is 3.62. The van der Waals surface area contributed by atoms with Crippen molar-refractivity contribution in [2.75, 3.05) is 7.11 Å². The zero-order valence-corrected chi connectivity index (χ0v) is 9.32. The van der Waals surface area contributed by atoms with E-state index in [4.69, 9.17) is 10.00 Å². The third-order valence-corrected chi connectivity index (χ3v) is 2.57. The molecule has 2 rings (SSSR count). The SMILES string of the molecule is COc1cccc2cc(C)c(CC#N)nc12. The highest BCUT2D eigenvalue weighted by Crippen LogP contribution is 2.25. The third kappa shape index (κ3) is 1.70. The van der Waals surface area contributed by atoms with Crippen molar-refractivity contribution in [1.82, 2.24) is 4.98 Å². The van der Waals surface area contributed by atoms with Crippen molar-refractivity contribution in [1.29, 1.82) is 5.26 Å². The van der Waals surface area contributed by atoms with Crippen LogP contribution >= 0.6 is 0 Å². The van der Waals surface area contributed by atoms with E-state index in [1.54, 1.807) is 7.11 Å². The molecule has 0 N–H and O–H groups in total. The molecule has 2 aromatic rings. The molecule has 0 bridgehead atoms. The normalized spacial score (nSPS) is 10.1. The van der Waals surface area contributed by atoms with Crippen LogP contribution in [0.4, 0.5) is 0 Å². The molecule has 1 aromatic heterocycles. The molecular weight excluding hydrogens is 200 g/mol. The number of hydrogen-bond acceptors (Lipinski definition) is 3. The summed E-state index contributed by atoms with van der Waals surface area (Å²) in [4.78, 5) is 4.49. The Balaban J connectivity index is 2.71. The lowest BCUT2D eigenvalue weighted by atomic mass is 10.1. The highest BCUT2D eigenvalue weighted by atomic mass is 16.5. The lowest BCUT2D eigenvalue weighted by Crippen LogP contribution is -1.95. The summed E-state index contributed by atoms with van der Waals surface area (Å²) in [6.07, 6.45) is 0.333. The molecule has 3 heteroatoms. The topological polar surface area (TPSA) is 45.9 Å². The Kier molecular flexibility index (Phi) is 2.74. The lowest BCUT2D eigenvalue weighted by Gasteiger charge is -2.07. The fraction of sp³-hybridized carbons (Fsp3) is 0.231. The van der Waals surface area contributed by atoms with E-state index < -0.39 is 0 Å². The second-order valence-electron chi connectivity index (χ2n) is 3.62. The summed E-state index contributed by atoms with van der Waals surface area (Å²) < 4.78 is 5.26. The van der Waals surface area contributed by atoms with Gasteiger partial charge in [0, 0.05) is 5.39 Å². The summed E-state index contributed by atoms with van der Waals surface area (Å²) in [5, 5.41) is 9.76. The van der Waals surface area contributed by atoms with E-state index in [1.165, 1.54) is 0 Å². The zero-order chi connectivity index (χ0) is 11.5. The van der Waals surface area contributed by atoms with Gasteiger partial charge in [-0.1, -0.05) is 12.1 Å². The van der Waals surface area contributed by atoms with Gasteiger partial charge in [0.15, 0.2) is 0 Å². The van der Waals surface area contributed by atoms with Crippen LogP contribution in [0.2, 0.25) is 0 Å². The predicted molar refractivity (Wildman–Crippen MR) is 62.3 cm³/mol. The molecular formula is C13H12N2O.